The molecule has 0 aromatic heterocycles. The average molecular weight is 279 g/mol. The number of hydrogen-bond acceptors (Lipinski definition) is 3. The highest BCUT2D eigenvalue weighted by molar-refractivity contribution is 7.99. The van der Waals surface area contributed by atoms with Crippen molar-refractivity contribution in [2.45, 2.75) is 18.9 Å². The van der Waals surface area contributed by atoms with Crippen LogP contribution in [0.1, 0.15) is 18.9 Å². The Balaban J connectivity index is 2.20. The largest absolute Gasteiger partial charge is 0.479 e. The van der Waals surface area contributed by atoms with Crippen LogP contribution in [0.5, 0.6) is 0 Å². The summed E-state index contributed by atoms with van der Waals surface area (Å²) in [6, 6.07) is 8.80. The molecule has 0 spiro atoms. The van der Waals surface area contributed by atoms with Gasteiger partial charge in [-0.05, 0) is 24.7 Å². The van der Waals surface area contributed by atoms with Gasteiger partial charge in [-0.25, -0.2) is 4.79 Å². The SMILES string of the molecule is CC(NC(=O)C1CCSC1)(C(=O)O)c1ccccc1. The van der Waals surface area contributed by atoms with Crippen molar-refractivity contribution in [3.63, 3.8) is 0 Å². The molecular formula is C14H17NO3S. The van der Waals surface area contributed by atoms with E-state index in [0.717, 1.165) is 17.9 Å². The number of amides is 1. The summed E-state index contributed by atoms with van der Waals surface area (Å²) in [5.74, 6) is 0.452. The Morgan fingerprint density at radius 3 is 2.58 bits per heavy atom. The predicted octanol–water partition coefficient (Wildman–Crippen LogP) is 1.86. The maximum Gasteiger partial charge on any atom is 0.333 e. The summed E-state index contributed by atoms with van der Waals surface area (Å²) >= 11 is 1.73. The molecule has 4 nitrogen and oxygen atoms in total. The van der Waals surface area contributed by atoms with Gasteiger partial charge in [-0.1, -0.05) is 30.3 Å². The minimum Gasteiger partial charge on any atom is -0.479 e. The Kier molecular flexibility index (Phi) is 4.14. The standard InChI is InChI=1S/C14H17NO3S/c1-14(13(17)18,11-5-3-2-4-6-11)15-12(16)10-7-8-19-9-10/h2-6,10H,7-9H2,1H3,(H,15,16)(H,17,18). The van der Waals surface area contributed by atoms with Crippen LogP contribution < -0.4 is 5.32 Å². The molecule has 1 aliphatic rings. The van der Waals surface area contributed by atoms with Gasteiger partial charge in [-0.2, -0.15) is 11.8 Å². The van der Waals surface area contributed by atoms with Crippen LogP contribution in [-0.2, 0) is 15.1 Å². The Hall–Kier alpha value is -1.49. The Bertz CT molecular complexity index is 471. The number of nitrogens with one attached hydrogen (secondary N) is 1. The number of benzene rings is 1. The van der Waals surface area contributed by atoms with E-state index >= 15 is 0 Å². The molecule has 2 unspecified atom stereocenters. The molecule has 1 saturated heterocycles. The first-order valence-corrected chi connectivity index (χ1v) is 7.38. The van der Waals surface area contributed by atoms with E-state index < -0.39 is 11.5 Å². The summed E-state index contributed by atoms with van der Waals surface area (Å²) < 4.78 is 0. The fourth-order valence-electron chi connectivity index (χ4n) is 2.11. The molecule has 0 bridgehead atoms. The number of hydrogen-bond donors (Lipinski definition) is 2. The zero-order valence-corrected chi connectivity index (χ0v) is 11.6. The minimum atomic E-state index is -1.37. The molecule has 1 aromatic rings. The third kappa shape index (κ3) is 2.92. The van der Waals surface area contributed by atoms with Crippen LogP contribution in [0.15, 0.2) is 30.3 Å². The second kappa shape index (κ2) is 5.65. The minimum absolute atomic E-state index is 0.0765. The van der Waals surface area contributed by atoms with Gasteiger partial charge >= 0.3 is 5.97 Å². The molecule has 0 saturated carbocycles. The van der Waals surface area contributed by atoms with Gasteiger partial charge in [0.25, 0.3) is 0 Å². The lowest BCUT2D eigenvalue weighted by Crippen LogP contribution is -2.51. The maximum absolute atomic E-state index is 12.2. The fourth-order valence-corrected chi connectivity index (χ4v) is 3.33. The number of rotatable bonds is 4. The summed E-state index contributed by atoms with van der Waals surface area (Å²) in [4.78, 5) is 23.7. The van der Waals surface area contributed by atoms with E-state index in [4.69, 9.17) is 0 Å². The van der Waals surface area contributed by atoms with Gasteiger partial charge in [0, 0.05) is 11.7 Å². The van der Waals surface area contributed by atoms with Crippen LogP contribution in [0.4, 0.5) is 0 Å². The lowest BCUT2D eigenvalue weighted by Gasteiger charge is -2.28. The second-order valence-corrected chi connectivity index (χ2v) is 6.00. The molecule has 102 valence electrons. The molecule has 1 fully saturated rings. The quantitative estimate of drug-likeness (QED) is 0.883. The summed E-state index contributed by atoms with van der Waals surface area (Å²) in [6.07, 6.45) is 0.820. The van der Waals surface area contributed by atoms with Crippen molar-refractivity contribution >= 4 is 23.6 Å². The number of carbonyl (C=O) groups is 2. The number of carboxylic acid groups (broad SMARTS) is 1. The predicted molar refractivity (Wildman–Crippen MR) is 75.0 cm³/mol. The van der Waals surface area contributed by atoms with Crippen molar-refractivity contribution in [2.75, 3.05) is 11.5 Å². The summed E-state index contributed by atoms with van der Waals surface area (Å²) in [6.45, 7) is 1.53. The average Bonchev–Trinajstić information content (AvgIpc) is 2.93. The van der Waals surface area contributed by atoms with Crippen molar-refractivity contribution < 1.29 is 14.7 Å². The van der Waals surface area contributed by atoms with Crippen LogP contribution in [0.25, 0.3) is 0 Å². The van der Waals surface area contributed by atoms with E-state index in [1.807, 2.05) is 6.07 Å². The molecule has 1 aliphatic heterocycles. The number of aliphatic carboxylic acids is 1. The van der Waals surface area contributed by atoms with Gasteiger partial charge in [0.1, 0.15) is 0 Å². The number of thioether (sulfide) groups is 1. The van der Waals surface area contributed by atoms with Crippen molar-refractivity contribution in [1.29, 1.82) is 0 Å². The molecule has 1 aromatic carbocycles. The number of carboxylic acids is 1. The normalized spacial score (nSPS) is 21.6. The van der Waals surface area contributed by atoms with Crippen LogP contribution in [-0.4, -0.2) is 28.5 Å². The third-order valence-corrected chi connectivity index (χ3v) is 4.61. The van der Waals surface area contributed by atoms with Gasteiger partial charge in [0.2, 0.25) is 5.91 Å². The van der Waals surface area contributed by atoms with Crippen LogP contribution >= 0.6 is 11.8 Å². The second-order valence-electron chi connectivity index (χ2n) is 4.85. The van der Waals surface area contributed by atoms with Gasteiger partial charge < -0.3 is 10.4 Å². The molecular weight excluding hydrogens is 262 g/mol. The van der Waals surface area contributed by atoms with Crippen LogP contribution in [0, 0.1) is 5.92 Å². The van der Waals surface area contributed by atoms with Crippen molar-refractivity contribution in [2.24, 2.45) is 5.92 Å². The third-order valence-electron chi connectivity index (χ3n) is 3.45. The van der Waals surface area contributed by atoms with E-state index in [1.54, 1.807) is 36.0 Å². The lowest BCUT2D eigenvalue weighted by atomic mass is 9.91. The first-order chi connectivity index (χ1) is 9.04. The highest BCUT2D eigenvalue weighted by atomic mass is 32.2. The van der Waals surface area contributed by atoms with Gasteiger partial charge in [0.15, 0.2) is 5.54 Å². The molecule has 5 heteroatoms. The topological polar surface area (TPSA) is 66.4 Å². The Labute approximate surface area is 116 Å². The molecule has 1 amide bonds. The highest BCUT2D eigenvalue weighted by Gasteiger charge is 2.38. The fraction of sp³-hybridized carbons (Fsp3) is 0.429. The van der Waals surface area contributed by atoms with Crippen molar-refractivity contribution in [3.8, 4) is 0 Å². The van der Waals surface area contributed by atoms with Crippen LogP contribution in [0.3, 0.4) is 0 Å². The monoisotopic (exact) mass is 279 g/mol. The van der Waals surface area contributed by atoms with E-state index in [1.165, 1.54) is 6.92 Å². The van der Waals surface area contributed by atoms with Crippen LogP contribution in [0.2, 0.25) is 0 Å². The van der Waals surface area contributed by atoms with Gasteiger partial charge in [-0.15, -0.1) is 0 Å². The van der Waals surface area contributed by atoms with E-state index in [2.05, 4.69) is 5.32 Å². The maximum atomic E-state index is 12.2. The summed E-state index contributed by atoms with van der Waals surface area (Å²) in [7, 11) is 0. The Morgan fingerprint density at radius 2 is 2.05 bits per heavy atom. The lowest BCUT2D eigenvalue weighted by molar-refractivity contribution is -0.148. The summed E-state index contributed by atoms with van der Waals surface area (Å²) in [5, 5.41) is 12.2. The molecule has 2 N–H and O–H groups in total. The molecule has 0 radical (unpaired) electrons. The molecule has 2 atom stereocenters. The first-order valence-electron chi connectivity index (χ1n) is 6.23. The number of carbonyl (C=O) groups excluding carboxylic acids is 1. The summed E-state index contributed by atoms with van der Waals surface area (Å²) in [5.41, 5.74) is -0.785. The Morgan fingerprint density at radius 1 is 1.37 bits per heavy atom. The smallest absolute Gasteiger partial charge is 0.333 e. The molecule has 19 heavy (non-hydrogen) atoms. The van der Waals surface area contributed by atoms with E-state index in [-0.39, 0.29) is 11.8 Å². The molecule has 1 heterocycles. The molecule has 0 aliphatic carbocycles. The van der Waals surface area contributed by atoms with Crippen molar-refractivity contribution in [3.05, 3.63) is 35.9 Å². The highest BCUT2D eigenvalue weighted by Crippen LogP contribution is 2.26. The van der Waals surface area contributed by atoms with E-state index in [9.17, 15) is 14.7 Å². The van der Waals surface area contributed by atoms with Gasteiger partial charge in [-0.3, -0.25) is 4.79 Å². The molecule has 2 rings (SSSR count). The van der Waals surface area contributed by atoms with Gasteiger partial charge in [0.05, 0.1) is 0 Å². The van der Waals surface area contributed by atoms with E-state index in [0.29, 0.717) is 5.56 Å². The van der Waals surface area contributed by atoms with Crippen molar-refractivity contribution in [1.82, 2.24) is 5.32 Å². The zero-order chi connectivity index (χ0) is 13.9. The zero-order valence-electron chi connectivity index (χ0n) is 10.8. The first kappa shape index (κ1) is 13.9.